The molecule has 1 heterocycles. The number of nitrogens with zero attached hydrogens (tertiary/aromatic N) is 1. The van der Waals surface area contributed by atoms with Crippen molar-refractivity contribution in [2.75, 3.05) is 13.2 Å². The van der Waals surface area contributed by atoms with Gasteiger partial charge in [-0.2, -0.15) is 5.26 Å². The first-order valence-corrected chi connectivity index (χ1v) is 7.76. The van der Waals surface area contributed by atoms with Crippen LogP contribution in [0.4, 0.5) is 0 Å². The van der Waals surface area contributed by atoms with Gasteiger partial charge in [0.1, 0.15) is 18.8 Å². The van der Waals surface area contributed by atoms with Crippen LogP contribution in [-0.4, -0.2) is 24.7 Å². The van der Waals surface area contributed by atoms with Crippen molar-refractivity contribution in [2.24, 2.45) is 5.92 Å². The summed E-state index contributed by atoms with van der Waals surface area (Å²) in [6.45, 7) is 3.04. The van der Waals surface area contributed by atoms with Crippen LogP contribution in [0.1, 0.15) is 43.0 Å². The molecule has 1 fully saturated rings. The van der Waals surface area contributed by atoms with Gasteiger partial charge in [-0.1, -0.05) is 19.4 Å². The van der Waals surface area contributed by atoms with Gasteiger partial charge in [0.15, 0.2) is 11.5 Å². The van der Waals surface area contributed by atoms with Gasteiger partial charge in [-0.25, -0.2) is 0 Å². The van der Waals surface area contributed by atoms with Gasteiger partial charge in [0.05, 0.1) is 11.6 Å². The van der Waals surface area contributed by atoms with Crippen LogP contribution >= 0.6 is 0 Å². The fourth-order valence-corrected chi connectivity index (χ4v) is 3.33. The van der Waals surface area contributed by atoms with E-state index in [2.05, 4.69) is 18.3 Å². The maximum absolute atomic E-state index is 12.7. The molecule has 1 aliphatic heterocycles. The summed E-state index contributed by atoms with van der Waals surface area (Å²) in [6.07, 6.45) is 3.46. The van der Waals surface area contributed by atoms with Crippen molar-refractivity contribution in [2.45, 2.75) is 38.1 Å². The van der Waals surface area contributed by atoms with Crippen molar-refractivity contribution in [3.63, 3.8) is 0 Å². The van der Waals surface area contributed by atoms with Gasteiger partial charge in [0.25, 0.3) is 5.91 Å². The van der Waals surface area contributed by atoms with Crippen molar-refractivity contribution in [1.82, 2.24) is 5.32 Å². The van der Waals surface area contributed by atoms with Gasteiger partial charge >= 0.3 is 0 Å². The lowest BCUT2D eigenvalue weighted by Gasteiger charge is -2.35. The van der Waals surface area contributed by atoms with E-state index >= 15 is 0 Å². The monoisotopic (exact) mass is 300 g/mol. The second-order valence-corrected chi connectivity index (χ2v) is 6.18. The SMILES string of the molecule is CC1CCCC(C#N)(NC(=O)c2cccc3c2OCCO3)C1. The summed E-state index contributed by atoms with van der Waals surface area (Å²) in [6, 6.07) is 7.59. The Hall–Kier alpha value is -2.22. The first-order valence-electron chi connectivity index (χ1n) is 7.76. The Morgan fingerprint density at radius 3 is 3.00 bits per heavy atom. The molecular formula is C17H20N2O3. The van der Waals surface area contributed by atoms with E-state index in [0.29, 0.717) is 49.0 Å². The minimum absolute atomic E-state index is 0.266. The molecule has 116 valence electrons. The molecule has 0 aromatic heterocycles. The van der Waals surface area contributed by atoms with E-state index in [1.54, 1.807) is 18.2 Å². The molecule has 1 aromatic carbocycles. The summed E-state index contributed by atoms with van der Waals surface area (Å²) in [5, 5.41) is 12.5. The highest BCUT2D eigenvalue weighted by molar-refractivity contribution is 5.98. The van der Waals surface area contributed by atoms with Crippen LogP contribution in [-0.2, 0) is 0 Å². The Morgan fingerprint density at radius 2 is 2.23 bits per heavy atom. The highest BCUT2D eigenvalue weighted by Crippen LogP contribution is 2.35. The van der Waals surface area contributed by atoms with Crippen molar-refractivity contribution in [3.8, 4) is 17.6 Å². The molecule has 2 atom stereocenters. The van der Waals surface area contributed by atoms with E-state index in [1.165, 1.54) is 0 Å². The fraction of sp³-hybridized carbons (Fsp3) is 0.529. The molecule has 1 N–H and O–H groups in total. The average Bonchev–Trinajstić information content (AvgIpc) is 2.54. The predicted octanol–water partition coefficient (Wildman–Crippen LogP) is 2.66. The zero-order valence-electron chi connectivity index (χ0n) is 12.7. The molecule has 5 nitrogen and oxygen atoms in total. The molecule has 1 amide bonds. The number of nitriles is 1. The summed E-state index contributed by atoms with van der Waals surface area (Å²) in [7, 11) is 0. The molecule has 2 unspecified atom stereocenters. The minimum Gasteiger partial charge on any atom is -0.486 e. The molecule has 1 saturated carbocycles. The zero-order chi connectivity index (χ0) is 15.6. The highest BCUT2D eigenvalue weighted by atomic mass is 16.6. The van der Waals surface area contributed by atoms with Gasteiger partial charge in [0.2, 0.25) is 0 Å². The zero-order valence-corrected chi connectivity index (χ0v) is 12.7. The van der Waals surface area contributed by atoms with Crippen molar-refractivity contribution < 1.29 is 14.3 Å². The maximum Gasteiger partial charge on any atom is 0.256 e. The largest absolute Gasteiger partial charge is 0.486 e. The van der Waals surface area contributed by atoms with Crippen LogP contribution in [0.5, 0.6) is 11.5 Å². The molecule has 1 aromatic rings. The summed E-state index contributed by atoms with van der Waals surface area (Å²) in [5.74, 6) is 1.24. The van der Waals surface area contributed by atoms with Gasteiger partial charge in [-0.15, -0.1) is 0 Å². The molecule has 1 aliphatic carbocycles. The van der Waals surface area contributed by atoms with Crippen LogP contribution < -0.4 is 14.8 Å². The fourth-order valence-electron chi connectivity index (χ4n) is 3.33. The Bertz CT molecular complexity index is 623. The number of carbonyl (C=O) groups is 1. The summed E-state index contributed by atoms with van der Waals surface area (Å²) in [5.41, 5.74) is -0.336. The van der Waals surface area contributed by atoms with Crippen molar-refractivity contribution in [1.29, 1.82) is 5.26 Å². The van der Waals surface area contributed by atoms with E-state index in [1.807, 2.05) is 0 Å². The predicted molar refractivity (Wildman–Crippen MR) is 80.9 cm³/mol. The van der Waals surface area contributed by atoms with Crippen LogP contribution in [0.3, 0.4) is 0 Å². The summed E-state index contributed by atoms with van der Waals surface area (Å²) < 4.78 is 11.1. The molecule has 0 radical (unpaired) electrons. The number of ether oxygens (including phenoxy) is 2. The Morgan fingerprint density at radius 1 is 1.41 bits per heavy atom. The lowest BCUT2D eigenvalue weighted by atomic mass is 9.77. The number of amides is 1. The van der Waals surface area contributed by atoms with E-state index in [4.69, 9.17) is 9.47 Å². The second-order valence-electron chi connectivity index (χ2n) is 6.18. The summed E-state index contributed by atoms with van der Waals surface area (Å²) >= 11 is 0. The molecule has 3 rings (SSSR count). The first kappa shape index (κ1) is 14.7. The Kier molecular flexibility index (Phi) is 3.93. The smallest absolute Gasteiger partial charge is 0.256 e. The molecule has 2 aliphatic rings. The maximum atomic E-state index is 12.7. The average molecular weight is 300 g/mol. The Labute approximate surface area is 130 Å². The number of para-hydroxylation sites is 1. The van der Waals surface area contributed by atoms with E-state index in [0.717, 1.165) is 12.8 Å². The third kappa shape index (κ3) is 2.74. The molecule has 5 heteroatoms. The van der Waals surface area contributed by atoms with Crippen molar-refractivity contribution >= 4 is 5.91 Å². The van der Waals surface area contributed by atoms with Gasteiger partial charge in [0, 0.05) is 0 Å². The van der Waals surface area contributed by atoms with Crippen LogP contribution in [0, 0.1) is 17.2 Å². The van der Waals surface area contributed by atoms with Crippen LogP contribution in [0.25, 0.3) is 0 Å². The lowest BCUT2D eigenvalue weighted by molar-refractivity contribution is 0.0880. The number of fused-ring (bicyclic) bond motifs is 1. The van der Waals surface area contributed by atoms with E-state index in [9.17, 15) is 10.1 Å². The molecule has 0 bridgehead atoms. The lowest BCUT2D eigenvalue weighted by Crippen LogP contribution is -2.50. The molecule has 0 saturated heterocycles. The van der Waals surface area contributed by atoms with E-state index in [-0.39, 0.29) is 5.91 Å². The van der Waals surface area contributed by atoms with E-state index < -0.39 is 5.54 Å². The van der Waals surface area contributed by atoms with Crippen molar-refractivity contribution in [3.05, 3.63) is 23.8 Å². The minimum atomic E-state index is -0.771. The first-order chi connectivity index (χ1) is 10.6. The van der Waals surface area contributed by atoms with Gasteiger partial charge in [-0.3, -0.25) is 4.79 Å². The van der Waals surface area contributed by atoms with Gasteiger partial charge < -0.3 is 14.8 Å². The van der Waals surface area contributed by atoms with Crippen LogP contribution in [0.2, 0.25) is 0 Å². The number of benzene rings is 1. The number of rotatable bonds is 2. The highest BCUT2D eigenvalue weighted by Gasteiger charge is 2.37. The number of hydrogen-bond donors (Lipinski definition) is 1. The normalized spacial score (nSPS) is 26.8. The number of hydrogen-bond acceptors (Lipinski definition) is 4. The molecular weight excluding hydrogens is 280 g/mol. The number of carbonyl (C=O) groups excluding carboxylic acids is 1. The molecule has 22 heavy (non-hydrogen) atoms. The topological polar surface area (TPSA) is 71.4 Å². The number of nitrogens with one attached hydrogen (secondary N) is 1. The third-order valence-corrected chi connectivity index (χ3v) is 4.38. The molecule has 0 spiro atoms. The third-order valence-electron chi connectivity index (χ3n) is 4.38. The summed E-state index contributed by atoms with van der Waals surface area (Å²) in [4.78, 5) is 12.7. The second kappa shape index (κ2) is 5.88. The van der Waals surface area contributed by atoms with Gasteiger partial charge in [-0.05, 0) is 37.3 Å². The quantitative estimate of drug-likeness (QED) is 0.911. The Balaban J connectivity index is 1.84. The standard InChI is InChI=1S/C17H20N2O3/c1-12-4-3-7-17(10-12,11-18)19-16(20)13-5-2-6-14-15(13)22-9-8-21-14/h2,5-6,12H,3-4,7-10H2,1H3,(H,19,20). The van der Waals surface area contributed by atoms with Crippen LogP contribution in [0.15, 0.2) is 18.2 Å².